The summed E-state index contributed by atoms with van der Waals surface area (Å²) in [5, 5.41) is 18.3. The molecular weight excluding hydrogens is 843 g/mol. The number of carbonyl (C=O) groups excluding carboxylic acids is 3. The number of ketones is 2. The van der Waals surface area contributed by atoms with E-state index in [0.29, 0.717) is 22.6 Å². The summed E-state index contributed by atoms with van der Waals surface area (Å²) in [6.07, 6.45) is 1.64. The minimum absolute atomic E-state index is 0.00791. The standard InChI is InChI=1S/C47H56BrN3O8Si/c1-13-21-51(44(55)57-45(3,4)5)37-30-20-19-29(48)24-31(30)26(2)34-32(37)22-28-23-33-38(50(9)10)40-36(43(49-58-40)56-25-27-17-15-14-16-18-27)42(54)47(33,41(53)35(28)39(34)52)59-60(11,12)46(6,7)8/h13-20,24,28,33,38,52H,1,21-23,25H2,2-12H3/t28-,33-,38-,47-/m0/s1. The zero-order valence-electron chi connectivity index (χ0n) is 36.5. The number of amides is 1. The first-order chi connectivity index (χ1) is 28.0. The second-order valence-electron chi connectivity index (χ2n) is 19.1. The minimum Gasteiger partial charge on any atom is -0.507 e. The number of aromatic nitrogens is 1. The molecule has 1 N–H and O–H groups in total. The van der Waals surface area contributed by atoms with Gasteiger partial charge in [-0.05, 0) is 118 Å². The number of nitrogens with zero attached hydrogens (tertiary/aromatic N) is 3. The Kier molecular flexibility index (Phi) is 11.2. The van der Waals surface area contributed by atoms with Crippen LogP contribution in [0.1, 0.15) is 92.4 Å². The molecule has 1 saturated carbocycles. The van der Waals surface area contributed by atoms with Crippen molar-refractivity contribution in [3.05, 3.63) is 105 Å². The Balaban J connectivity index is 1.49. The third kappa shape index (κ3) is 7.14. The minimum atomic E-state index is -2.95. The smallest absolute Gasteiger partial charge is 0.415 e. The maximum absolute atomic E-state index is 16.0. The van der Waals surface area contributed by atoms with Gasteiger partial charge in [-0.15, -0.1) is 6.58 Å². The first kappa shape index (κ1) is 43.5. The molecule has 0 unspecified atom stereocenters. The maximum Gasteiger partial charge on any atom is 0.415 e. The van der Waals surface area contributed by atoms with Gasteiger partial charge in [0.05, 0.1) is 11.7 Å². The molecule has 11 nitrogen and oxygen atoms in total. The summed E-state index contributed by atoms with van der Waals surface area (Å²) in [5.74, 6) is -2.38. The molecule has 3 aliphatic rings. The number of halogens is 1. The number of hydrogen-bond acceptors (Lipinski definition) is 10. The summed E-state index contributed by atoms with van der Waals surface area (Å²) in [6.45, 7) is 21.8. The molecule has 0 radical (unpaired) electrons. The van der Waals surface area contributed by atoms with Gasteiger partial charge in [-0.2, -0.15) is 0 Å². The molecule has 3 aliphatic carbocycles. The van der Waals surface area contributed by atoms with Gasteiger partial charge in [0.15, 0.2) is 19.7 Å². The molecule has 13 heteroatoms. The summed E-state index contributed by atoms with van der Waals surface area (Å²) in [5.41, 5.74) is 0.698. The number of anilines is 1. The normalized spacial score (nSPS) is 21.6. The quantitative estimate of drug-likeness (QED) is 0.0984. The molecule has 3 aromatic carbocycles. The SMILES string of the molecule is C=CCN(C(=O)OC(C)(C)C)c1c2c(c(C)c3cc(Br)ccc13)C(O)=C1C(=O)[C@]3(O[Si](C)(C)C(C)(C)C)C(=O)c4c(OCc5ccccc5)noc4[C@@H](N(C)C)[C@@H]3C[C@@H]1C2. The van der Waals surface area contributed by atoms with Crippen LogP contribution in [-0.4, -0.2) is 73.0 Å². The van der Waals surface area contributed by atoms with Crippen LogP contribution in [0, 0.1) is 18.8 Å². The van der Waals surface area contributed by atoms with Crippen LogP contribution in [-0.2, 0) is 27.0 Å². The van der Waals surface area contributed by atoms with Gasteiger partial charge < -0.3 is 23.5 Å². The fourth-order valence-electron chi connectivity index (χ4n) is 9.05. The molecule has 0 saturated heterocycles. The van der Waals surface area contributed by atoms with Crippen molar-refractivity contribution in [3.8, 4) is 5.88 Å². The molecule has 4 atom stereocenters. The molecule has 4 aromatic rings. The van der Waals surface area contributed by atoms with Crippen LogP contribution in [0.2, 0.25) is 18.1 Å². The maximum atomic E-state index is 16.0. The van der Waals surface area contributed by atoms with E-state index in [1.54, 1.807) is 11.0 Å². The van der Waals surface area contributed by atoms with Gasteiger partial charge in [0.25, 0.3) is 5.88 Å². The zero-order chi connectivity index (χ0) is 43.9. The second-order valence-corrected chi connectivity index (χ2v) is 24.7. The van der Waals surface area contributed by atoms with E-state index in [4.69, 9.17) is 18.4 Å². The number of hydrogen-bond donors (Lipinski definition) is 1. The molecule has 0 aliphatic heterocycles. The molecular formula is C47H56BrN3O8Si. The monoisotopic (exact) mass is 897 g/mol. The number of aliphatic hydroxyl groups excluding tert-OH is 1. The third-order valence-electron chi connectivity index (χ3n) is 12.7. The van der Waals surface area contributed by atoms with Crippen molar-refractivity contribution in [2.45, 2.75) is 103 Å². The van der Waals surface area contributed by atoms with Crippen LogP contribution in [0.25, 0.3) is 16.5 Å². The van der Waals surface area contributed by atoms with Gasteiger partial charge in [-0.1, -0.05) is 79.2 Å². The summed E-state index contributed by atoms with van der Waals surface area (Å²) < 4.78 is 26.3. The average Bonchev–Trinajstić information content (AvgIpc) is 3.57. The first-order valence-electron chi connectivity index (χ1n) is 20.5. The van der Waals surface area contributed by atoms with Crippen LogP contribution in [0.3, 0.4) is 0 Å². The predicted molar refractivity (Wildman–Crippen MR) is 239 cm³/mol. The Bertz CT molecular complexity index is 2440. The van der Waals surface area contributed by atoms with Crippen molar-refractivity contribution in [1.29, 1.82) is 0 Å². The predicted octanol–water partition coefficient (Wildman–Crippen LogP) is 10.7. The van der Waals surface area contributed by atoms with Crippen LogP contribution < -0.4 is 9.64 Å². The first-order valence-corrected chi connectivity index (χ1v) is 24.2. The zero-order valence-corrected chi connectivity index (χ0v) is 39.1. The Morgan fingerprint density at radius 3 is 2.35 bits per heavy atom. The highest BCUT2D eigenvalue weighted by Gasteiger charge is 2.69. The van der Waals surface area contributed by atoms with Crippen molar-refractivity contribution in [2.24, 2.45) is 11.8 Å². The summed E-state index contributed by atoms with van der Waals surface area (Å²) >= 11 is 3.63. The van der Waals surface area contributed by atoms with Gasteiger partial charge in [0.1, 0.15) is 23.5 Å². The molecule has 1 fully saturated rings. The van der Waals surface area contributed by atoms with Gasteiger partial charge in [0, 0.05) is 33.5 Å². The Hall–Kier alpha value is -4.56. The molecule has 1 aromatic heterocycles. The number of carbonyl (C=O) groups is 3. The lowest BCUT2D eigenvalue weighted by molar-refractivity contribution is -0.140. The Morgan fingerprint density at radius 1 is 1.05 bits per heavy atom. The number of fused-ring (bicyclic) bond motifs is 5. The Labute approximate surface area is 362 Å². The molecule has 0 spiro atoms. The van der Waals surface area contributed by atoms with E-state index in [0.717, 1.165) is 26.4 Å². The largest absolute Gasteiger partial charge is 0.507 e. The van der Waals surface area contributed by atoms with E-state index in [-0.39, 0.29) is 48.8 Å². The molecule has 7 rings (SSSR count). The molecule has 318 valence electrons. The van der Waals surface area contributed by atoms with Crippen molar-refractivity contribution in [3.63, 3.8) is 0 Å². The highest BCUT2D eigenvalue weighted by atomic mass is 79.9. The van der Waals surface area contributed by atoms with E-state index >= 15 is 9.59 Å². The van der Waals surface area contributed by atoms with Crippen molar-refractivity contribution in [1.82, 2.24) is 10.1 Å². The summed E-state index contributed by atoms with van der Waals surface area (Å²) in [6, 6.07) is 14.7. The topological polar surface area (TPSA) is 132 Å². The number of aryl methyl sites for hydroxylation is 1. The lowest BCUT2D eigenvalue weighted by Gasteiger charge is -2.55. The number of Topliss-reactive ketones (excluding diaryl/α,β-unsaturated/α-hetero) is 2. The van der Waals surface area contributed by atoms with E-state index in [1.165, 1.54) is 0 Å². The van der Waals surface area contributed by atoms with Crippen molar-refractivity contribution in [2.75, 3.05) is 25.5 Å². The van der Waals surface area contributed by atoms with Crippen LogP contribution in [0.15, 0.2) is 75.8 Å². The number of ether oxygens (including phenoxy) is 2. The lowest BCUT2D eigenvalue weighted by Crippen LogP contribution is -2.68. The van der Waals surface area contributed by atoms with Crippen LogP contribution >= 0.6 is 15.9 Å². The molecule has 0 bridgehead atoms. The number of benzene rings is 3. The highest BCUT2D eigenvalue weighted by molar-refractivity contribution is 9.10. The van der Waals surface area contributed by atoms with Crippen LogP contribution in [0.4, 0.5) is 10.5 Å². The van der Waals surface area contributed by atoms with Gasteiger partial charge in [-0.25, -0.2) is 4.79 Å². The van der Waals surface area contributed by atoms with Crippen LogP contribution in [0.5, 0.6) is 5.88 Å². The van der Waals surface area contributed by atoms with E-state index < -0.39 is 60.1 Å². The lowest BCUT2D eigenvalue weighted by atomic mass is 9.57. The third-order valence-corrected chi connectivity index (χ3v) is 17.6. The van der Waals surface area contributed by atoms with E-state index in [1.807, 2.05) is 108 Å². The molecule has 1 heterocycles. The van der Waals surface area contributed by atoms with Gasteiger partial charge in [0.2, 0.25) is 11.6 Å². The fraction of sp³-hybridized carbons (Fsp3) is 0.447. The van der Waals surface area contributed by atoms with E-state index in [9.17, 15) is 9.90 Å². The summed E-state index contributed by atoms with van der Waals surface area (Å²) in [7, 11) is 0.828. The van der Waals surface area contributed by atoms with Gasteiger partial charge >= 0.3 is 6.09 Å². The fourth-order valence-corrected chi connectivity index (χ4v) is 10.9. The number of aliphatic hydroxyl groups is 1. The average molecular weight is 899 g/mol. The highest BCUT2D eigenvalue weighted by Crippen LogP contribution is 2.59. The van der Waals surface area contributed by atoms with Crippen molar-refractivity contribution >= 4 is 64.1 Å². The summed E-state index contributed by atoms with van der Waals surface area (Å²) in [4.78, 5) is 49.3. The van der Waals surface area contributed by atoms with Gasteiger partial charge in [-0.3, -0.25) is 19.4 Å². The Morgan fingerprint density at radius 2 is 1.73 bits per heavy atom. The number of rotatable bonds is 9. The molecule has 1 amide bonds. The van der Waals surface area contributed by atoms with E-state index in [2.05, 4.69) is 48.4 Å². The van der Waals surface area contributed by atoms with Crippen molar-refractivity contribution < 1.29 is 37.9 Å². The molecule has 60 heavy (non-hydrogen) atoms. The second kappa shape index (κ2) is 15.4.